The van der Waals surface area contributed by atoms with Gasteiger partial charge in [-0.3, -0.25) is 4.79 Å². The van der Waals surface area contributed by atoms with Gasteiger partial charge in [-0.05, 0) is 30.2 Å². The molecule has 0 aliphatic heterocycles. The SMILES string of the molecule is COc1cccc(CNC(=O)CCc2nc(-c3ccccc3C)no2)c1. The third-order valence-corrected chi connectivity index (χ3v) is 4.04. The Morgan fingerprint density at radius 3 is 2.85 bits per heavy atom. The highest BCUT2D eigenvalue weighted by Crippen LogP contribution is 2.20. The van der Waals surface area contributed by atoms with Gasteiger partial charge < -0.3 is 14.6 Å². The van der Waals surface area contributed by atoms with E-state index in [4.69, 9.17) is 9.26 Å². The van der Waals surface area contributed by atoms with E-state index in [-0.39, 0.29) is 5.91 Å². The lowest BCUT2D eigenvalue weighted by Crippen LogP contribution is -2.23. The van der Waals surface area contributed by atoms with Gasteiger partial charge in [-0.1, -0.05) is 41.6 Å². The number of methoxy groups -OCH3 is 1. The van der Waals surface area contributed by atoms with E-state index < -0.39 is 0 Å². The van der Waals surface area contributed by atoms with Crippen LogP contribution >= 0.6 is 0 Å². The average Bonchev–Trinajstić information content (AvgIpc) is 3.14. The van der Waals surface area contributed by atoms with Crippen LogP contribution in [0.5, 0.6) is 5.75 Å². The number of benzene rings is 2. The van der Waals surface area contributed by atoms with Crippen molar-refractivity contribution in [2.45, 2.75) is 26.3 Å². The predicted molar refractivity (Wildman–Crippen MR) is 97.6 cm³/mol. The smallest absolute Gasteiger partial charge is 0.227 e. The van der Waals surface area contributed by atoms with Crippen LogP contribution in [0.2, 0.25) is 0 Å². The van der Waals surface area contributed by atoms with Crippen LogP contribution in [0.25, 0.3) is 11.4 Å². The fourth-order valence-corrected chi connectivity index (χ4v) is 2.58. The van der Waals surface area contributed by atoms with Crippen molar-refractivity contribution in [1.29, 1.82) is 0 Å². The maximum Gasteiger partial charge on any atom is 0.227 e. The topological polar surface area (TPSA) is 77.2 Å². The molecular formula is C20H21N3O3. The zero-order chi connectivity index (χ0) is 18.4. The molecule has 0 bridgehead atoms. The summed E-state index contributed by atoms with van der Waals surface area (Å²) in [5.41, 5.74) is 3.00. The van der Waals surface area contributed by atoms with Crippen molar-refractivity contribution in [1.82, 2.24) is 15.5 Å². The second kappa shape index (κ2) is 8.29. The Labute approximate surface area is 152 Å². The standard InChI is InChI=1S/C20H21N3O3/c1-14-6-3-4-9-17(14)20-22-19(26-23-20)11-10-18(24)21-13-15-7-5-8-16(12-15)25-2/h3-9,12H,10-11,13H2,1-2H3,(H,21,24). The fourth-order valence-electron chi connectivity index (χ4n) is 2.58. The van der Waals surface area contributed by atoms with Gasteiger partial charge in [-0.2, -0.15) is 4.98 Å². The van der Waals surface area contributed by atoms with E-state index in [2.05, 4.69) is 15.5 Å². The number of carbonyl (C=O) groups is 1. The number of aryl methyl sites for hydroxylation is 2. The number of hydrogen-bond donors (Lipinski definition) is 1. The molecule has 0 atom stereocenters. The van der Waals surface area contributed by atoms with Crippen LogP contribution in [0, 0.1) is 6.92 Å². The Kier molecular flexibility index (Phi) is 5.63. The molecule has 0 radical (unpaired) electrons. The molecule has 134 valence electrons. The molecule has 3 rings (SSSR count). The maximum atomic E-state index is 12.0. The van der Waals surface area contributed by atoms with Crippen LogP contribution in [0.1, 0.15) is 23.4 Å². The Morgan fingerprint density at radius 1 is 1.19 bits per heavy atom. The van der Waals surface area contributed by atoms with Gasteiger partial charge in [0.25, 0.3) is 0 Å². The van der Waals surface area contributed by atoms with E-state index in [1.165, 1.54) is 0 Å². The van der Waals surface area contributed by atoms with Crippen molar-refractivity contribution < 1.29 is 14.1 Å². The summed E-state index contributed by atoms with van der Waals surface area (Å²) in [4.78, 5) is 16.4. The van der Waals surface area contributed by atoms with E-state index >= 15 is 0 Å². The Bertz CT molecular complexity index is 889. The normalized spacial score (nSPS) is 10.5. The molecule has 1 aromatic heterocycles. The molecule has 0 unspecified atom stereocenters. The van der Waals surface area contributed by atoms with Crippen LogP contribution in [0.4, 0.5) is 0 Å². The van der Waals surface area contributed by atoms with Crippen LogP contribution in [-0.4, -0.2) is 23.2 Å². The molecule has 0 fully saturated rings. The Hall–Kier alpha value is -3.15. The number of aromatic nitrogens is 2. The fraction of sp³-hybridized carbons (Fsp3) is 0.250. The van der Waals surface area contributed by atoms with E-state index in [9.17, 15) is 4.79 Å². The van der Waals surface area contributed by atoms with Gasteiger partial charge in [-0.15, -0.1) is 0 Å². The van der Waals surface area contributed by atoms with Crippen LogP contribution in [-0.2, 0) is 17.8 Å². The molecular weight excluding hydrogens is 330 g/mol. The summed E-state index contributed by atoms with van der Waals surface area (Å²) >= 11 is 0. The predicted octanol–water partition coefficient (Wildman–Crippen LogP) is 3.30. The van der Waals surface area contributed by atoms with Crippen molar-refractivity contribution in [3.63, 3.8) is 0 Å². The highest BCUT2D eigenvalue weighted by Gasteiger charge is 2.12. The van der Waals surface area contributed by atoms with Crippen molar-refractivity contribution in [3.05, 3.63) is 65.5 Å². The second-order valence-electron chi connectivity index (χ2n) is 5.95. The molecule has 0 saturated carbocycles. The number of ether oxygens (including phenoxy) is 1. The lowest BCUT2D eigenvalue weighted by molar-refractivity contribution is -0.121. The first-order valence-corrected chi connectivity index (χ1v) is 8.44. The number of nitrogens with zero attached hydrogens (tertiary/aromatic N) is 2. The van der Waals surface area contributed by atoms with Gasteiger partial charge in [0.15, 0.2) is 0 Å². The van der Waals surface area contributed by atoms with E-state index in [0.29, 0.717) is 31.1 Å². The quantitative estimate of drug-likeness (QED) is 0.707. The Balaban J connectivity index is 1.51. The zero-order valence-corrected chi connectivity index (χ0v) is 14.9. The molecule has 0 saturated heterocycles. The first kappa shape index (κ1) is 17.7. The van der Waals surface area contributed by atoms with Gasteiger partial charge in [0, 0.05) is 24.9 Å². The number of carbonyl (C=O) groups excluding carboxylic acids is 1. The molecule has 0 aliphatic carbocycles. The number of hydrogen-bond acceptors (Lipinski definition) is 5. The van der Waals surface area contributed by atoms with Crippen LogP contribution < -0.4 is 10.1 Å². The summed E-state index contributed by atoms with van der Waals surface area (Å²) in [5, 5.41) is 6.89. The summed E-state index contributed by atoms with van der Waals surface area (Å²) in [6.45, 7) is 2.45. The number of amides is 1. The van der Waals surface area contributed by atoms with Crippen molar-refractivity contribution in [2.24, 2.45) is 0 Å². The molecule has 1 N–H and O–H groups in total. The van der Waals surface area contributed by atoms with Gasteiger partial charge in [0.2, 0.25) is 17.6 Å². The highest BCUT2D eigenvalue weighted by atomic mass is 16.5. The molecule has 3 aromatic rings. The number of rotatable bonds is 7. The number of nitrogens with one attached hydrogen (secondary N) is 1. The molecule has 0 spiro atoms. The monoisotopic (exact) mass is 351 g/mol. The average molecular weight is 351 g/mol. The van der Waals surface area contributed by atoms with Crippen LogP contribution in [0.15, 0.2) is 53.1 Å². The van der Waals surface area contributed by atoms with Gasteiger partial charge >= 0.3 is 0 Å². The highest BCUT2D eigenvalue weighted by molar-refractivity contribution is 5.76. The first-order valence-electron chi connectivity index (χ1n) is 8.44. The molecule has 2 aromatic carbocycles. The lowest BCUT2D eigenvalue weighted by atomic mass is 10.1. The molecule has 6 nitrogen and oxygen atoms in total. The summed E-state index contributed by atoms with van der Waals surface area (Å²) in [6, 6.07) is 15.4. The summed E-state index contributed by atoms with van der Waals surface area (Å²) < 4.78 is 10.4. The minimum absolute atomic E-state index is 0.0662. The summed E-state index contributed by atoms with van der Waals surface area (Å²) in [6.07, 6.45) is 0.697. The van der Waals surface area contributed by atoms with Crippen molar-refractivity contribution >= 4 is 5.91 Å². The zero-order valence-electron chi connectivity index (χ0n) is 14.9. The minimum atomic E-state index is -0.0662. The molecule has 0 aliphatic rings. The molecule has 26 heavy (non-hydrogen) atoms. The van der Waals surface area contributed by atoms with Gasteiger partial charge in [0.1, 0.15) is 5.75 Å². The van der Waals surface area contributed by atoms with Gasteiger partial charge in [-0.25, -0.2) is 0 Å². The Morgan fingerprint density at radius 2 is 2.04 bits per heavy atom. The van der Waals surface area contributed by atoms with E-state index in [1.807, 2.05) is 55.5 Å². The molecule has 6 heteroatoms. The third-order valence-electron chi connectivity index (χ3n) is 4.04. The third kappa shape index (κ3) is 4.47. The maximum absolute atomic E-state index is 12.0. The lowest BCUT2D eigenvalue weighted by Gasteiger charge is -2.06. The summed E-state index contributed by atoms with van der Waals surface area (Å²) in [7, 11) is 1.62. The van der Waals surface area contributed by atoms with E-state index in [1.54, 1.807) is 7.11 Å². The second-order valence-corrected chi connectivity index (χ2v) is 5.95. The summed E-state index contributed by atoms with van der Waals surface area (Å²) in [5.74, 6) is 1.71. The van der Waals surface area contributed by atoms with Gasteiger partial charge in [0.05, 0.1) is 7.11 Å². The van der Waals surface area contributed by atoms with E-state index in [0.717, 1.165) is 22.4 Å². The van der Waals surface area contributed by atoms with Crippen molar-refractivity contribution in [2.75, 3.05) is 7.11 Å². The van der Waals surface area contributed by atoms with Crippen LogP contribution in [0.3, 0.4) is 0 Å². The largest absolute Gasteiger partial charge is 0.497 e. The molecule has 1 amide bonds. The first-order chi connectivity index (χ1) is 12.7. The minimum Gasteiger partial charge on any atom is -0.497 e. The molecule has 1 heterocycles. The van der Waals surface area contributed by atoms with Crippen molar-refractivity contribution in [3.8, 4) is 17.1 Å².